The van der Waals surface area contributed by atoms with Crippen LogP contribution in [0.15, 0.2) is 24.3 Å². The summed E-state index contributed by atoms with van der Waals surface area (Å²) in [4.78, 5) is 12.4. The molecule has 1 heterocycles. The first-order valence-corrected chi connectivity index (χ1v) is 8.62. The van der Waals surface area contributed by atoms with Crippen molar-refractivity contribution in [3.63, 3.8) is 0 Å². The fourth-order valence-electron chi connectivity index (χ4n) is 2.32. The quantitative estimate of drug-likeness (QED) is 0.460. The van der Waals surface area contributed by atoms with Crippen molar-refractivity contribution in [2.75, 3.05) is 42.7 Å². The van der Waals surface area contributed by atoms with Crippen LogP contribution in [-0.2, 0) is 10.0 Å². The van der Waals surface area contributed by atoms with Crippen LogP contribution < -0.4 is 4.90 Å². The molecular formula is C12H16ClN3O4S. The summed E-state index contributed by atoms with van der Waals surface area (Å²) >= 11 is 5.49. The lowest BCUT2D eigenvalue weighted by atomic mass is 10.2. The van der Waals surface area contributed by atoms with E-state index in [2.05, 4.69) is 0 Å². The molecule has 2 rings (SSSR count). The molecule has 0 saturated carbocycles. The predicted octanol–water partition coefficient (Wildman–Crippen LogP) is 1.29. The molecule has 0 amide bonds. The van der Waals surface area contributed by atoms with Crippen LogP contribution in [0, 0.1) is 10.1 Å². The second-order valence-electron chi connectivity index (χ2n) is 4.64. The third kappa shape index (κ3) is 3.63. The van der Waals surface area contributed by atoms with Gasteiger partial charge in [-0.15, -0.1) is 11.6 Å². The highest BCUT2D eigenvalue weighted by atomic mass is 35.5. The van der Waals surface area contributed by atoms with E-state index in [1.165, 1.54) is 10.4 Å². The minimum absolute atomic E-state index is 0.0366. The molecule has 1 aromatic rings. The molecule has 0 bridgehead atoms. The summed E-state index contributed by atoms with van der Waals surface area (Å²) in [6, 6.07) is 6.48. The molecule has 0 aromatic heterocycles. The van der Waals surface area contributed by atoms with Gasteiger partial charge in [0.2, 0.25) is 10.0 Å². The summed E-state index contributed by atoms with van der Waals surface area (Å²) in [5.41, 5.74) is 0.562. The Bertz CT molecular complexity index is 615. The van der Waals surface area contributed by atoms with Gasteiger partial charge in [-0.2, -0.15) is 4.31 Å². The molecule has 21 heavy (non-hydrogen) atoms. The number of hydrogen-bond acceptors (Lipinski definition) is 5. The number of anilines is 1. The summed E-state index contributed by atoms with van der Waals surface area (Å²) in [5, 5.41) is 11.0. The average Bonchev–Trinajstić information content (AvgIpc) is 2.47. The van der Waals surface area contributed by atoms with Crippen molar-refractivity contribution in [1.29, 1.82) is 0 Å². The van der Waals surface area contributed by atoms with E-state index in [1.54, 1.807) is 18.2 Å². The van der Waals surface area contributed by atoms with E-state index in [-0.39, 0.29) is 17.3 Å². The van der Waals surface area contributed by atoms with Gasteiger partial charge in [-0.05, 0) is 6.07 Å². The summed E-state index contributed by atoms with van der Waals surface area (Å²) in [6.07, 6.45) is 0. The van der Waals surface area contributed by atoms with Crippen molar-refractivity contribution < 1.29 is 13.3 Å². The zero-order valence-corrected chi connectivity index (χ0v) is 12.9. The summed E-state index contributed by atoms with van der Waals surface area (Å²) < 4.78 is 25.2. The van der Waals surface area contributed by atoms with Crippen LogP contribution >= 0.6 is 11.6 Å². The SMILES string of the molecule is O=[N+]([O-])c1ccccc1N1CCN(S(=O)(=O)CCCl)CC1. The van der Waals surface area contributed by atoms with Gasteiger partial charge in [0.15, 0.2) is 0 Å². The Hall–Kier alpha value is -1.38. The van der Waals surface area contributed by atoms with Crippen LogP contribution in [0.3, 0.4) is 0 Å². The van der Waals surface area contributed by atoms with E-state index in [0.717, 1.165) is 0 Å². The van der Waals surface area contributed by atoms with Crippen LogP contribution in [-0.4, -0.2) is 55.5 Å². The van der Waals surface area contributed by atoms with E-state index in [0.29, 0.717) is 31.9 Å². The molecule has 0 aliphatic carbocycles. The van der Waals surface area contributed by atoms with E-state index < -0.39 is 14.9 Å². The van der Waals surface area contributed by atoms with Crippen LogP contribution in [0.4, 0.5) is 11.4 Å². The monoisotopic (exact) mass is 333 g/mol. The van der Waals surface area contributed by atoms with Gasteiger partial charge in [-0.3, -0.25) is 10.1 Å². The Morgan fingerprint density at radius 3 is 2.38 bits per heavy atom. The molecule has 7 nitrogen and oxygen atoms in total. The zero-order chi connectivity index (χ0) is 15.5. The first kappa shape index (κ1) is 16.0. The molecule has 0 radical (unpaired) electrons. The molecule has 9 heteroatoms. The van der Waals surface area contributed by atoms with E-state index in [1.807, 2.05) is 4.90 Å². The highest BCUT2D eigenvalue weighted by molar-refractivity contribution is 7.89. The first-order valence-electron chi connectivity index (χ1n) is 6.48. The number of nitrogens with zero attached hydrogens (tertiary/aromatic N) is 3. The van der Waals surface area contributed by atoms with Crippen molar-refractivity contribution in [3.05, 3.63) is 34.4 Å². The molecule has 1 aromatic carbocycles. The Balaban J connectivity index is 2.10. The number of sulfonamides is 1. The average molecular weight is 334 g/mol. The maximum atomic E-state index is 11.9. The van der Waals surface area contributed by atoms with E-state index in [9.17, 15) is 18.5 Å². The van der Waals surface area contributed by atoms with Crippen molar-refractivity contribution in [1.82, 2.24) is 4.31 Å². The topological polar surface area (TPSA) is 83.8 Å². The minimum atomic E-state index is -3.32. The molecule has 0 spiro atoms. The van der Waals surface area contributed by atoms with Crippen molar-refractivity contribution in [2.45, 2.75) is 0 Å². The number of para-hydroxylation sites is 2. The van der Waals surface area contributed by atoms with Crippen molar-refractivity contribution >= 4 is 33.0 Å². The third-order valence-electron chi connectivity index (χ3n) is 3.39. The normalized spacial score (nSPS) is 16.9. The highest BCUT2D eigenvalue weighted by Gasteiger charge is 2.28. The fourth-order valence-corrected chi connectivity index (χ4v) is 4.08. The minimum Gasteiger partial charge on any atom is -0.363 e. The summed E-state index contributed by atoms with van der Waals surface area (Å²) in [6.45, 7) is 1.47. The van der Waals surface area contributed by atoms with Crippen LogP contribution in [0.5, 0.6) is 0 Å². The van der Waals surface area contributed by atoms with Crippen molar-refractivity contribution in [2.24, 2.45) is 0 Å². The van der Waals surface area contributed by atoms with Crippen molar-refractivity contribution in [3.8, 4) is 0 Å². The Labute approximate surface area is 128 Å². The third-order valence-corrected chi connectivity index (χ3v) is 5.67. The first-order chi connectivity index (χ1) is 9.95. The van der Waals surface area contributed by atoms with E-state index in [4.69, 9.17) is 11.6 Å². The fraction of sp³-hybridized carbons (Fsp3) is 0.500. The number of benzene rings is 1. The summed E-state index contributed by atoms with van der Waals surface area (Å²) in [7, 11) is -3.32. The lowest BCUT2D eigenvalue weighted by molar-refractivity contribution is -0.384. The molecule has 0 atom stereocenters. The number of halogens is 1. The number of nitro groups is 1. The summed E-state index contributed by atoms with van der Waals surface area (Å²) in [5.74, 6) is -0.0211. The van der Waals surface area contributed by atoms with Crippen LogP contribution in [0.25, 0.3) is 0 Å². The van der Waals surface area contributed by atoms with E-state index >= 15 is 0 Å². The van der Waals surface area contributed by atoms with Gasteiger partial charge in [0.1, 0.15) is 5.69 Å². The molecular weight excluding hydrogens is 318 g/mol. The largest absolute Gasteiger partial charge is 0.363 e. The number of rotatable bonds is 5. The second kappa shape index (κ2) is 6.59. The Morgan fingerprint density at radius 2 is 1.81 bits per heavy atom. The lowest BCUT2D eigenvalue weighted by Gasteiger charge is -2.34. The lowest BCUT2D eigenvalue weighted by Crippen LogP contribution is -2.49. The molecule has 0 unspecified atom stereocenters. The van der Waals surface area contributed by atoms with Gasteiger partial charge in [0.25, 0.3) is 5.69 Å². The number of piperazine rings is 1. The predicted molar refractivity (Wildman–Crippen MR) is 81.4 cm³/mol. The maximum absolute atomic E-state index is 11.9. The molecule has 1 aliphatic heterocycles. The van der Waals surface area contributed by atoms with Gasteiger partial charge in [-0.1, -0.05) is 12.1 Å². The molecule has 1 fully saturated rings. The van der Waals surface area contributed by atoms with Crippen LogP contribution in [0.2, 0.25) is 0 Å². The van der Waals surface area contributed by atoms with Gasteiger partial charge < -0.3 is 4.90 Å². The Morgan fingerprint density at radius 1 is 1.19 bits per heavy atom. The van der Waals surface area contributed by atoms with Gasteiger partial charge in [0, 0.05) is 38.1 Å². The number of hydrogen-bond donors (Lipinski definition) is 0. The van der Waals surface area contributed by atoms with Gasteiger partial charge in [-0.25, -0.2) is 8.42 Å². The Kier molecular flexibility index (Phi) is 5.02. The molecule has 0 N–H and O–H groups in total. The van der Waals surface area contributed by atoms with Gasteiger partial charge in [0.05, 0.1) is 10.7 Å². The molecule has 116 valence electrons. The van der Waals surface area contributed by atoms with Crippen LogP contribution in [0.1, 0.15) is 0 Å². The molecule has 1 saturated heterocycles. The molecule has 1 aliphatic rings. The highest BCUT2D eigenvalue weighted by Crippen LogP contribution is 2.28. The maximum Gasteiger partial charge on any atom is 0.292 e. The zero-order valence-electron chi connectivity index (χ0n) is 11.3. The van der Waals surface area contributed by atoms with Gasteiger partial charge >= 0.3 is 0 Å². The number of nitro benzene ring substituents is 1. The second-order valence-corrected chi connectivity index (χ2v) is 7.10. The standard InChI is InChI=1S/C12H16ClN3O4S/c13-5-10-21(19,20)15-8-6-14(7-9-15)11-3-1-2-4-12(11)16(17)18/h1-4H,5-10H2. The number of alkyl halides is 1. The smallest absolute Gasteiger partial charge is 0.292 e.